The molecule has 1 aliphatic heterocycles. The predicted octanol–water partition coefficient (Wildman–Crippen LogP) is 4.73. The molecular weight excluding hydrogens is 424 g/mol. The second kappa shape index (κ2) is 10.3. The van der Waals surface area contributed by atoms with E-state index in [1.807, 2.05) is 0 Å². The molecular formula is C27H41F2NO3. The van der Waals surface area contributed by atoms with Crippen LogP contribution in [0.25, 0.3) is 0 Å². The number of rotatable bonds is 5. The van der Waals surface area contributed by atoms with Crippen LogP contribution in [0.2, 0.25) is 0 Å². The van der Waals surface area contributed by atoms with Crippen LogP contribution in [0.4, 0.5) is 8.78 Å². The van der Waals surface area contributed by atoms with E-state index >= 15 is 0 Å². The Morgan fingerprint density at radius 1 is 1.21 bits per heavy atom. The summed E-state index contributed by atoms with van der Waals surface area (Å²) in [6, 6.07) is 0. The third-order valence-electron chi connectivity index (χ3n) is 9.03. The third kappa shape index (κ3) is 5.29. The maximum atomic E-state index is 13.1. The van der Waals surface area contributed by atoms with E-state index in [1.165, 1.54) is 31.3 Å². The van der Waals surface area contributed by atoms with E-state index in [9.17, 15) is 19.0 Å². The molecule has 6 heteroatoms. The van der Waals surface area contributed by atoms with Crippen molar-refractivity contribution in [2.75, 3.05) is 26.2 Å². The molecule has 0 amide bonds. The standard InChI is InChI=1S/C27H41F2NO3/c1-17(15-30-11-12-33-25(16-30)26(28)29)21-8-9-22-20(5-4-10-27(21,22)3)7-6-19-13-23(31)18(2)24(32)14-19/h6-7,17,21-26,31-32H,2,4-5,8-16H2,1,3H3/b20-7+/t17-,21-,22+,23-,24-,25+,27-/m1/s1. The fourth-order valence-corrected chi connectivity index (χ4v) is 7.22. The lowest BCUT2D eigenvalue weighted by Gasteiger charge is -2.45. The zero-order valence-electron chi connectivity index (χ0n) is 20.2. The molecule has 4 fully saturated rings. The molecule has 4 aliphatic rings. The summed E-state index contributed by atoms with van der Waals surface area (Å²) in [6.07, 6.45) is 6.73. The molecule has 2 N–H and O–H groups in total. The Hall–Kier alpha value is -1.08. The van der Waals surface area contributed by atoms with E-state index < -0.39 is 24.7 Å². The Kier molecular flexibility index (Phi) is 7.79. The maximum Gasteiger partial charge on any atom is 0.265 e. The molecule has 0 aromatic carbocycles. The van der Waals surface area contributed by atoms with Gasteiger partial charge in [-0.2, -0.15) is 0 Å². The van der Waals surface area contributed by atoms with Crippen LogP contribution >= 0.6 is 0 Å². The molecule has 0 spiro atoms. The van der Waals surface area contributed by atoms with Gasteiger partial charge in [0.1, 0.15) is 6.10 Å². The monoisotopic (exact) mass is 465 g/mol. The Bertz CT molecular complexity index is 765. The molecule has 3 aliphatic carbocycles. The van der Waals surface area contributed by atoms with E-state index in [0.29, 0.717) is 49.3 Å². The second-order valence-corrected chi connectivity index (χ2v) is 11.2. The van der Waals surface area contributed by atoms with Gasteiger partial charge in [-0.05, 0) is 73.7 Å². The van der Waals surface area contributed by atoms with Crippen molar-refractivity contribution in [3.8, 4) is 0 Å². The van der Waals surface area contributed by atoms with Crippen LogP contribution in [-0.4, -0.2) is 66.1 Å². The van der Waals surface area contributed by atoms with Crippen molar-refractivity contribution < 1.29 is 23.7 Å². The zero-order chi connectivity index (χ0) is 23.8. The van der Waals surface area contributed by atoms with Gasteiger partial charge in [-0.3, -0.25) is 4.90 Å². The molecule has 0 unspecified atom stereocenters. The van der Waals surface area contributed by atoms with Crippen LogP contribution in [0.5, 0.6) is 0 Å². The average Bonchev–Trinajstić information content (AvgIpc) is 3.13. The Morgan fingerprint density at radius 3 is 2.64 bits per heavy atom. The summed E-state index contributed by atoms with van der Waals surface area (Å²) in [5, 5.41) is 20.3. The summed E-state index contributed by atoms with van der Waals surface area (Å²) < 4.78 is 31.5. The van der Waals surface area contributed by atoms with Crippen LogP contribution in [-0.2, 0) is 4.74 Å². The first kappa shape index (κ1) is 25.0. The van der Waals surface area contributed by atoms with Crippen molar-refractivity contribution in [1.82, 2.24) is 4.90 Å². The maximum absolute atomic E-state index is 13.1. The summed E-state index contributed by atoms with van der Waals surface area (Å²) >= 11 is 0. The van der Waals surface area contributed by atoms with Crippen LogP contribution in [0, 0.1) is 23.2 Å². The van der Waals surface area contributed by atoms with Gasteiger partial charge in [-0.15, -0.1) is 0 Å². The number of ether oxygens (including phenoxy) is 1. The molecule has 186 valence electrons. The summed E-state index contributed by atoms with van der Waals surface area (Å²) in [6.45, 7) is 10.9. The van der Waals surface area contributed by atoms with Gasteiger partial charge in [0.2, 0.25) is 0 Å². The second-order valence-electron chi connectivity index (χ2n) is 11.2. The Balaban J connectivity index is 1.42. The highest BCUT2D eigenvalue weighted by Crippen LogP contribution is 2.59. The third-order valence-corrected chi connectivity index (χ3v) is 9.03. The Labute approximate surface area is 197 Å². The molecule has 3 saturated carbocycles. The smallest absolute Gasteiger partial charge is 0.265 e. The fourth-order valence-electron chi connectivity index (χ4n) is 7.22. The summed E-state index contributed by atoms with van der Waals surface area (Å²) in [4.78, 5) is 2.18. The van der Waals surface area contributed by atoms with E-state index in [0.717, 1.165) is 25.1 Å². The molecule has 0 radical (unpaired) electrons. The van der Waals surface area contributed by atoms with Crippen molar-refractivity contribution >= 4 is 0 Å². The highest BCUT2D eigenvalue weighted by atomic mass is 19.3. The molecule has 4 rings (SSSR count). The molecule has 1 saturated heterocycles. The van der Waals surface area contributed by atoms with Crippen molar-refractivity contribution in [1.29, 1.82) is 0 Å². The number of aliphatic hydroxyl groups is 2. The molecule has 7 atom stereocenters. The van der Waals surface area contributed by atoms with Crippen LogP contribution in [0.3, 0.4) is 0 Å². The van der Waals surface area contributed by atoms with Gasteiger partial charge in [-0.25, -0.2) is 8.78 Å². The molecule has 0 aromatic rings. The predicted molar refractivity (Wildman–Crippen MR) is 126 cm³/mol. The molecule has 0 aromatic heterocycles. The lowest BCUT2D eigenvalue weighted by atomic mass is 9.61. The van der Waals surface area contributed by atoms with Gasteiger partial charge in [-0.1, -0.05) is 43.7 Å². The number of allylic oxidation sites excluding steroid dienone is 3. The number of hydrogen-bond acceptors (Lipinski definition) is 4. The topological polar surface area (TPSA) is 52.9 Å². The van der Waals surface area contributed by atoms with E-state index in [-0.39, 0.29) is 5.41 Å². The molecule has 33 heavy (non-hydrogen) atoms. The van der Waals surface area contributed by atoms with Crippen molar-refractivity contribution in [3.05, 3.63) is 35.5 Å². The number of hydrogen-bond donors (Lipinski definition) is 2. The highest BCUT2D eigenvalue weighted by Gasteiger charge is 2.50. The van der Waals surface area contributed by atoms with Gasteiger partial charge >= 0.3 is 0 Å². The number of fused-ring (bicyclic) bond motifs is 1. The lowest BCUT2D eigenvalue weighted by molar-refractivity contribution is -0.106. The minimum atomic E-state index is -2.42. The van der Waals surface area contributed by atoms with Gasteiger partial charge in [0.05, 0.1) is 18.8 Å². The minimum Gasteiger partial charge on any atom is -0.388 e. The van der Waals surface area contributed by atoms with E-state index in [4.69, 9.17) is 4.74 Å². The first-order valence-electron chi connectivity index (χ1n) is 12.7. The minimum absolute atomic E-state index is 0.246. The van der Waals surface area contributed by atoms with E-state index in [1.54, 1.807) is 0 Å². The molecule has 4 nitrogen and oxygen atoms in total. The summed E-state index contributed by atoms with van der Waals surface area (Å²) in [5.41, 5.74) is 3.36. The van der Waals surface area contributed by atoms with Gasteiger partial charge in [0, 0.05) is 19.6 Å². The average molecular weight is 466 g/mol. The van der Waals surface area contributed by atoms with Crippen molar-refractivity contribution in [2.45, 2.75) is 83.5 Å². The number of halogens is 2. The lowest BCUT2D eigenvalue weighted by Crippen LogP contribution is -2.48. The summed E-state index contributed by atoms with van der Waals surface area (Å²) in [5.74, 6) is 1.61. The van der Waals surface area contributed by atoms with Gasteiger partial charge in [0.25, 0.3) is 6.43 Å². The quantitative estimate of drug-likeness (QED) is 0.577. The fraction of sp³-hybridized carbons (Fsp3) is 0.778. The van der Waals surface area contributed by atoms with Gasteiger partial charge < -0.3 is 14.9 Å². The highest BCUT2D eigenvalue weighted by molar-refractivity contribution is 5.29. The van der Waals surface area contributed by atoms with Crippen LogP contribution in [0.1, 0.15) is 58.8 Å². The van der Waals surface area contributed by atoms with Crippen LogP contribution < -0.4 is 0 Å². The van der Waals surface area contributed by atoms with Crippen molar-refractivity contribution in [3.63, 3.8) is 0 Å². The number of aliphatic hydroxyl groups excluding tert-OH is 2. The zero-order valence-corrected chi connectivity index (χ0v) is 20.2. The largest absolute Gasteiger partial charge is 0.388 e. The number of nitrogens with zero attached hydrogens (tertiary/aromatic N) is 1. The Morgan fingerprint density at radius 2 is 1.94 bits per heavy atom. The van der Waals surface area contributed by atoms with Crippen molar-refractivity contribution in [2.24, 2.45) is 23.2 Å². The SMILES string of the molecule is C=C1[C@H](O)CC(=C/C=C2\CCC[C@]3(C)[C@@H]([C@H](C)CN4CCO[C@H](C(F)F)C4)CC[C@@H]23)C[C@H]1O. The first-order chi connectivity index (χ1) is 15.7. The normalized spacial score (nSPS) is 40.3. The molecule has 0 bridgehead atoms. The van der Waals surface area contributed by atoms with Gasteiger partial charge in [0.15, 0.2) is 0 Å². The number of morpholine rings is 1. The van der Waals surface area contributed by atoms with Crippen LogP contribution in [0.15, 0.2) is 35.5 Å². The first-order valence-corrected chi connectivity index (χ1v) is 12.7. The molecule has 1 heterocycles. The van der Waals surface area contributed by atoms with E-state index in [2.05, 4.69) is 37.5 Å². The summed E-state index contributed by atoms with van der Waals surface area (Å²) in [7, 11) is 0. The number of alkyl halides is 2.